The van der Waals surface area contributed by atoms with Gasteiger partial charge in [0.25, 0.3) is 0 Å². The first-order chi connectivity index (χ1) is 2.97. The smallest absolute Gasteiger partial charge is 0.0205 e. The van der Waals surface area contributed by atoms with E-state index in [1.807, 2.05) is 0 Å². The predicted molar refractivity (Wildman–Crippen MR) is 29.7 cm³/mol. The Bertz CT molecular complexity index is 52.3. The van der Waals surface area contributed by atoms with Crippen LogP contribution in [0.4, 0.5) is 0 Å². The van der Waals surface area contributed by atoms with Crippen molar-refractivity contribution in [2.24, 2.45) is 5.92 Å². The van der Waals surface area contributed by atoms with Gasteiger partial charge >= 0.3 is 0 Å². The molecular weight excluding hydrogens is 91.0 g/mol. The minimum Gasteiger partial charge on any atom is -0.118 e. The fraction of sp³-hybridized carbons (Fsp3) is 1.00. The Hall–Kier alpha value is 0.430. The van der Waals surface area contributed by atoms with E-state index < -0.39 is 0 Å². The van der Waals surface area contributed by atoms with Crippen LogP contribution < -0.4 is 0 Å². The molecule has 0 aromatic heterocycles. The molecule has 1 heterocycles. The standard InChI is InChI=1S/C5H9P/c1-2-5-4(1)3-6-5/h4-6H,1-3H2. The molecule has 2 fully saturated rings. The summed E-state index contributed by atoms with van der Waals surface area (Å²) >= 11 is 0. The lowest BCUT2D eigenvalue weighted by Gasteiger charge is -2.46. The molecule has 2 aliphatic rings. The summed E-state index contributed by atoms with van der Waals surface area (Å²) in [5, 5.41) is 0. The third-order valence-corrected chi connectivity index (χ3v) is 4.10. The Kier molecular flexibility index (Phi) is 0.561. The normalized spacial score (nSPS) is 56.0. The molecule has 0 aromatic rings. The first-order valence-electron chi connectivity index (χ1n) is 2.70. The number of fused-ring (bicyclic) bond motifs is 1. The Labute approximate surface area is 40.1 Å². The summed E-state index contributed by atoms with van der Waals surface area (Å²) in [6.07, 6.45) is 4.73. The van der Waals surface area contributed by atoms with Crippen LogP contribution in [0.3, 0.4) is 0 Å². The molecule has 1 aliphatic heterocycles. The maximum Gasteiger partial charge on any atom is -0.0205 e. The van der Waals surface area contributed by atoms with Gasteiger partial charge in [0.2, 0.25) is 0 Å². The molecule has 0 bridgehead atoms. The van der Waals surface area contributed by atoms with E-state index in [0.29, 0.717) is 0 Å². The minimum atomic E-state index is 1.23. The van der Waals surface area contributed by atoms with Gasteiger partial charge in [0, 0.05) is 0 Å². The minimum absolute atomic E-state index is 1.23. The van der Waals surface area contributed by atoms with Crippen LogP contribution in [-0.4, -0.2) is 11.8 Å². The van der Waals surface area contributed by atoms with Gasteiger partial charge in [-0.1, -0.05) is 0 Å². The fourth-order valence-electron chi connectivity index (χ4n) is 1.22. The highest BCUT2D eigenvalue weighted by molar-refractivity contribution is 7.41. The second-order valence-corrected chi connectivity index (χ2v) is 3.91. The molecule has 6 heavy (non-hydrogen) atoms. The van der Waals surface area contributed by atoms with E-state index in [1.165, 1.54) is 20.2 Å². The molecule has 2 rings (SSSR count). The molecule has 3 unspecified atom stereocenters. The third-order valence-electron chi connectivity index (χ3n) is 2.06. The van der Waals surface area contributed by atoms with Gasteiger partial charge in [-0.25, -0.2) is 0 Å². The van der Waals surface area contributed by atoms with E-state index >= 15 is 0 Å². The van der Waals surface area contributed by atoms with Crippen molar-refractivity contribution >= 4 is 8.58 Å². The van der Waals surface area contributed by atoms with Crippen LogP contribution in [0.5, 0.6) is 0 Å². The van der Waals surface area contributed by atoms with Gasteiger partial charge in [-0.05, 0) is 30.6 Å². The number of hydrogen-bond acceptors (Lipinski definition) is 0. The number of rotatable bonds is 0. The van der Waals surface area contributed by atoms with Gasteiger partial charge in [0.1, 0.15) is 0 Å². The van der Waals surface area contributed by atoms with Crippen LogP contribution in [0.1, 0.15) is 12.8 Å². The second-order valence-electron chi connectivity index (χ2n) is 2.35. The van der Waals surface area contributed by atoms with Crippen molar-refractivity contribution in [3.05, 3.63) is 0 Å². The molecular formula is C5H9P. The molecule has 1 heteroatoms. The molecule has 1 saturated carbocycles. The van der Waals surface area contributed by atoms with Gasteiger partial charge < -0.3 is 0 Å². The lowest BCUT2D eigenvalue weighted by atomic mass is 9.85. The van der Waals surface area contributed by atoms with Crippen LogP contribution in [0.2, 0.25) is 0 Å². The molecule has 0 spiro atoms. The van der Waals surface area contributed by atoms with Crippen molar-refractivity contribution in [2.75, 3.05) is 6.16 Å². The lowest BCUT2D eigenvalue weighted by Crippen LogP contribution is -2.37. The van der Waals surface area contributed by atoms with Crippen LogP contribution in [0, 0.1) is 5.92 Å². The summed E-state index contributed by atoms with van der Waals surface area (Å²) in [7, 11) is 1.36. The number of hydrogen-bond donors (Lipinski definition) is 0. The van der Waals surface area contributed by atoms with Crippen LogP contribution in [-0.2, 0) is 0 Å². The lowest BCUT2D eigenvalue weighted by molar-refractivity contribution is 0.332. The highest BCUT2D eigenvalue weighted by Gasteiger charge is 2.37. The van der Waals surface area contributed by atoms with Crippen molar-refractivity contribution in [3.8, 4) is 0 Å². The molecule has 0 nitrogen and oxygen atoms in total. The van der Waals surface area contributed by atoms with E-state index in [4.69, 9.17) is 0 Å². The molecule has 0 amide bonds. The maximum absolute atomic E-state index is 1.59. The van der Waals surface area contributed by atoms with Crippen LogP contribution >= 0.6 is 8.58 Å². The molecule has 1 saturated heterocycles. The Morgan fingerprint density at radius 1 is 1.33 bits per heavy atom. The van der Waals surface area contributed by atoms with Crippen molar-refractivity contribution in [3.63, 3.8) is 0 Å². The van der Waals surface area contributed by atoms with Crippen molar-refractivity contribution in [1.29, 1.82) is 0 Å². The average Bonchev–Trinajstić information content (AvgIpc) is 1.54. The van der Waals surface area contributed by atoms with Gasteiger partial charge in [-0.2, -0.15) is 0 Å². The summed E-state index contributed by atoms with van der Waals surface area (Å²) < 4.78 is 0. The fourth-order valence-corrected chi connectivity index (χ4v) is 2.87. The van der Waals surface area contributed by atoms with Gasteiger partial charge in [0.05, 0.1) is 0 Å². The van der Waals surface area contributed by atoms with E-state index in [1.54, 1.807) is 19.0 Å². The molecule has 0 N–H and O–H groups in total. The average molecular weight is 100 g/mol. The SMILES string of the molecule is C1CC2PCC12. The molecule has 1 aliphatic carbocycles. The van der Waals surface area contributed by atoms with Crippen LogP contribution in [0.15, 0.2) is 0 Å². The van der Waals surface area contributed by atoms with Gasteiger partial charge in [-0.15, -0.1) is 8.58 Å². The molecule has 34 valence electrons. The molecule has 3 atom stereocenters. The third kappa shape index (κ3) is 0.250. The predicted octanol–water partition coefficient (Wildman–Crippen LogP) is 1.46. The Balaban J connectivity index is 2.03. The highest BCUT2D eigenvalue weighted by Crippen LogP contribution is 2.53. The first-order valence-corrected chi connectivity index (χ1v) is 3.98. The van der Waals surface area contributed by atoms with Gasteiger partial charge in [0.15, 0.2) is 0 Å². The summed E-state index contributed by atoms with van der Waals surface area (Å²) in [6.45, 7) is 0. The largest absolute Gasteiger partial charge is 0.118 e. The van der Waals surface area contributed by atoms with Crippen LogP contribution in [0.25, 0.3) is 0 Å². The monoisotopic (exact) mass is 100 g/mol. The second kappa shape index (κ2) is 0.980. The van der Waals surface area contributed by atoms with Gasteiger partial charge in [-0.3, -0.25) is 0 Å². The van der Waals surface area contributed by atoms with Crippen molar-refractivity contribution in [1.82, 2.24) is 0 Å². The maximum atomic E-state index is 1.59. The van der Waals surface area contributed by atoms with E-state index in [2.05, 4.69) is 0 Å². The Morgan fingerprint density at radius 3 is 2.17 bits per heavy atom. The van der Waals surface area contributed by atoms with E-state index in [9.17, 15) is 0 Å². The first kappa shape index (κ1) is 3.43. The van der Waals surface area contributed by atoms with Crippen molar-refractivity contribution in [2.45, 2.75) is 18.5 Å². The quantitative estimate of drug-likeness (QED) is 0.404. The summed E-state index contributed by atoms with van der Waals surface area (Å²) in [5.74, 6) is 1.23. The topological polar surface area (TPSA) is 0 Å². The summed E-state index contributed by atoms with van der Waals surface area (Å²) in [6, 6.07) is 0. The van der Waals surface area contributed by atoms with Crippen molar-refractivity contribution < 1.29 is 0 Å². The van der Waals surface area contributed by atoms with E-state index in [-0.39, 0.29) is 0 Å². The molecule has 0 radical (unpaired) electrons. The van der Waals surface area contributed by atoms with E-state index in [0.717, 1.165) is 0 Å². The zero-order chi connectivity index (χ0) is 3.98. The summed E-state index contributed by atoms with van der Waals surface area (Å²) in [5.41, 5.74) is 1.24. The zero-order valence-corrected chi connectivity index (χ0v) is 4.78. The molecule has 0 aromatic carbocycles. The highest BCUT2D eigenvalue weighted by atomic mass is 31.1. The zero-order valence-electron chi connectivity index (χ0n) is 3.78. The summed E-state index contributed by atoms with van der Waals surface area (Å²) in [4.78, 5) is 0. The Morgan fingerprint density at radius 2 is 2.17 bits per heavy atom.